The molecule has 0 saturated carbocycles. The number of nitrogens with zero attached hydrogens (tertiary/aromatic N) is 4. The van der Waals surface area contributed by atoms with E-state index in [0.717, 1.165) is 46.1 Å². The molecule has 4 aromatic carbocycles. The molecule has 5 N–H and O–H groups in total. The third-order valence-corrected chi connectivity index (χ3v) is 8.28. The molecular weight excluding hydrogens is 608 g/mol. The zero-order valence-corrected chi connectivity index (χ0v) is 27.9. The average Bonchev–Trinajstić information content (AvgIpc) is 3.12. The Hall–Kier alpha value is -4.16. The third-order valence-electron chi connectivity index (χ3n) is 8.28. The highest BCUT2D eigenvalue weighted by atomic mass is 16.5. The van der Waals surface area contributed by atoms with Crippen LogP contribution in [0.15, 0.2) is 97.1 Å². The average molecular weight is 659 g/mol. The molecule has 0 aliphatic carbocycles. The van der Waals surface area contributed by atoms with E-state index in [-0.39, 0.29) is 33.0 Å². The largest absolute Gasteiger partial charge is 0.395 e. The summed E-state index contributed by atoms with van der Waals surface area (Å²) >= 11 is 0. The minimum absolute atomic E-state index is 0.00495. The molecule has 48 heavy (non-hydrogen) atoms. The molecule has 0 saturated heterocycles. The zero-order chi connectivity index (χ0) is 34.1. The maximum Gasteiger partial charge on any atom is 0.0637 e. The van der Waals surface area contributed by atoms with Gasteiger partial charge in [0, 0.05) is 80.5 Å². The van der Waals surface area contributed by atoms with E-state index in [1.54, 1.807) is 7.11 Å². The fourth-order valence-electron chi connectivity index (χ4n) is 5.83. The minimum atomic E-state index is 0.00495. The molecule has 0 bridgehead atoms. The molecule has 4 rings (SSSR count). The second kappa shape index (κ2) is 19.6. The van der Waals surface area contributed by atoms with Gasteiger partial charge in [-0.25, -0.2) is 0 Å². The van der Waals surface area contributed by atoms with Crippen molar-refractivity contribution in [3.63, 3.8) is 0 Å². The summed E-state index contributed by atoms with van der Waals surface area (Å²) in [5.74, 6) is 0. The number of benzene rings is 4. The Bertz CT molecular complexity index is 1450. The first-order valence-electron chi connectivity index (χ1n) is 16.5. The van der Waals surface area contributed by atoms with Gasteiger partial charge in [0.1, 0.15) is 0 Å². The SMILES string of the molecule is COCCN(CCO)c1ccc(N(CCO)c2ccc(Cc3ccc(N(CCO)c4ccc(N(CCO)CCO)cc4)cc3)cc2)cc1. The van der Waals surface area contributed by atoms with Crippen LogP contribution in [0.3, 0.4) is 0 Å². The molecule has 10 heteroatoms. The van der Waals surface area contributed by atoms with Crippen LogP contribution in [0.4, 0.5) is 34.1 Å². The van der Waals surface area contributed by atoms with Gasteiger partial charge in [-0.2, -0.15) is 0 Å². The Morgan fingerprint density at radius 3 is 1.00 bits per heavy atom. The van der Waals surface area contributed by atoms with Gasteiger partial charge in [-0.3, -0.25) is 0 Å². The van der Waals surface area contributed by atoms with Gasteiger partial charge in [0.15, 0.2) is 0 Å². The third kappa shape index (κ3) is 10.2. The molecule has 0 unspecified atom stereocenters. The van der Waals surface area contributed by atoms with Crippen LogP contribution in [0.2, 0.25) is 0 Å². The predicted octanol–water partition coefficient (Wildman–Crippen LogP) is 3.77. The number of hydrogen-bond donors (Lipinski definition) is 5. The maximum absolute atomic E-state index is 9.83. The van der Waals surface area contributed by atoms with Crippen LogP contribution < -0.4 is 19.6 Å². The molecule has 10 nitrogen and oxygen atoms in total. The monoisotopic (exact) mass is 658 g/mol. The summed E-state index contributed by atoms with van der Waals surface area (Å²) in [4.78, 5) is 8.17. The molecule has 0 aromatic heterocycles. The molecule has 0 heterocycles. The highest BCUT2D eigenvalue weighted by molar-refractivity contribution is 5.67. The Kier molecular flexibility index (Phi) is 15.0. The lowest BCUT2D eigenvalue weighted by molar-refractivity contribution is 0.203. The Morgan fingerprint density at radius 1 is 0.396 bits per heavy atom. The van der Waals surface area contributed by atoms with Crippen LogP contribution in [0.1, 0.15) is 11.1 Å². The Balaban J connectivity index is 1.43. The van der Waals surface area contributed by atoms with E-state index in [1.807, 2.05) is 53.4 Å². The summed E-state index contributed by atoms with van der Waals surface area (Å²) in [7, 11) is 1.67. The molecule has 0 amide bonds. The number of hydrogen-bond acceptors (Lipinski definition) is 10. The van der Waals surface area contributed by atoms with E-state index in [2.05, 4.69) is 63.2 Å². The molecular formula is C38H50N4O6. The standard InChI is InChI=1S/C38H50N4O6/c1-48-29-23-40(20-26-45)34-12-16-38(17-13-34)42(22-28-47)36-8-4-32(5-9-36)30-31-2-6-35(7-3-31)41(21-27-46)37-14-10-33(11-15-37)39(18-24-43)19-25-44/h2-17,43-47H,18-30H2,1H3. The second-order valence-corrected chi connectivity index (χ2v) is 11.4. The van der Waals surface area contributed by atoms with Crippen molar-refractivity contribution in [1.82, 2.24) is 0 Å². The molecule has 0 radical (unpaired) electrons. The normalized spacial score (nSPS) is 11.0. The van der Waals surface area contributed by atoms with Gasteiger partial charge >= 0.3 is 0 Å². The van der Waals surface area contributed by atoms with Gasteiger partial charge in [-0.15, -0.1) is 0 Å². The predicted molar refractivity (Wildman–Crippen MR) is 194 cm³/mol. The van der Waals surface area contributed by atoms with Crippen LogP contribution in [-0.2, 0) is 11.2 Å². The maximum atomic E-state index is 9.83. The smallest absolute Gasteiger partial charge is 0.0637 e. The van der Waals surface area contributed by atoms with E-state index < -0.39 is 0 Å². The fourth-order valence-corrected chi connectivity index (χ4v) is 5.83. The van der Waals surface area contributed by atoms with E-state index in [9.17, 15) is 25.5 Å². The summed E-state index contributed by atoms with van der Waals surface area (Å²) in [5.41, 5.74) is 8.14. The molecule has 0 aliphatic rings. The van der Waals surface area contributed by atoms with Crippen molar-refractivity contribution in [2.45, 2.75) is 6.42 Å². The minimum Gasteiger partial charge on any atom is -0.395 e. The van der Waals surface area contributed by atoms with Gasteiger partial charge in [0.2, 0.25) is 0 Å². The van der Waals surface area contributed by atoms with Crippen LogP contribution in [0, 0.1) is 0 Å². The van der Waals surface area contributed by atoms with Crippen molar-refractivity contribution in [2.24, 2.45) is 0 Å². The molecule has 4 aromatic rings. The summed E-state index contributed by atoms with van der Waals surface area (Å²) in [6, 6.07) is 32.8. The fraction of sp³-hybridized carbons (Fsp3) is 0.368. The molecule has 0 atom stereocenters. The van der Waals surface area contributed by atoms with Crippen molar-refractivity contribution in [1.29, 1.82) is 0 Å². The number of aliphatic hydroxyl groups excluding tert-OH is 5. The Morgan fingerprint density at radius 2 is 0.688 bits per heavy atom. The highest BCUT2D eigenvalue weighted by Crippen LogP contribution is 2.30. The molecule has 0 aliphatic heterocycles. The van der Waals surface area contributed by atoms with Crippen LogP contribution in [-0.4, -0.2) is 112 Å². The number of aliphatic hydroxyl groups is 5. The zero-order valence-electron chi connectivity index (χ0n) is 27.9. The van der Waals surface area contributed by atoms with Crippen molar-refractivity contribution < 1.29 is 30.3 Å². The number of rotatable bonds is 21. The summed E-state index contributed by atoms with van der Waals surface area (Å²) in [6.07, 6.45) is 0.762. The van der Waals surface area contributed by atoms with E-state index in [1.165, 1.54) is 5.56 Å². The first-order chi connectivity index (χ1) is 23.5. The molecule has 258 valence electrons. The quantitative estimate of drug-likeness (QED) is 0.0905. The van der Waals surface area contributed by atoms with E-state index in [4.69, 9.17) is 4.74 Å². The van der Waals surface area contributed by atoms with Crippen LogP contribution in [0.25, 0.3) is 0 Å². The van der Waals surface area contributed by atoms with Crippen molar-refractivity contribution >= 4 is 34.1 Å². The van der Waals surface area contributed by atoms with Crippen molar-refractivity contribution in [3.8, 4) is 0 Å². The van der Waals surface area contributed by atoms with Crippen molar-refractivity contribution in [3.05, 3.63) is 108 Å². The molecule has 0 fully saturated rings. The lowest BCUT2D eigenvalue weighted by atomic mass is 10.0. The summed E-state index contributed by atoms with van der Waals surface area (Å²) in [5, 5.41) is 47.9. The summed E-state index contributed by atoms with van der Waals surface area (Å²) in [6.45, 7) is 3.69. The van der Waals surface area contributed by atoms with Crippen LogP contribution in [0.5, 0.6) is 0 Å². The first kappa shape index (κ1) is 36.7. The highest BCUT2D eigenvalue weighted by Gasteiger charge is 2.13. The van der Waals surface area contributed by atoms with Crippen molar-refractivity contribution in [2.75, 3.05) is 106 Å². The number of anilines is 6. The van der Waals surface area contributed by atoms with E-state index in [0.29, 0.717) is 45.9 Å². The topological polar surface area (TPSA) is 123 Å². The molecule has 0 spiro atoms. The Labute approximate surface area is 284 Å². The lowest BCUT2D eigenvalue weighted by Gasteiger charge is -2.27. The van der Waals surface area contributed by atoms with Crippen LogP contribution >= 0.6 is 0 Å². The van der Waals surface area contributed by atoms with E-state index >= 15 is 0 Å². The second-order valence-electron chi connectivity index (χ2n) is 11.4. The first-order valence-corrected chi connectivity index (χ1v) is 16.5. The summed E-state index contributed by atoms with van der Waals surface area (Å²) < 4.78 is 5.22. The van der Waals surface area contributed by atoms with Gasteiger partial charge in [0.05, 0.1) is 39.6 Å². The van der Waals surface area contributed by atoms with Gasteiger partial charge < -0.3 is 49.9 Å². The van der Waals surface area contributed by atoms with Gasteiger partial charge in [0.25, 0.3) is 0 Å². The number of ether oxygens (including phenoxy) is 1. The number of methoxy groups -OCH3 is 1. The lowest BCUT2D eigenvalue weighted by Crippen LogP contribution is -2.30. The van der Waals surface area contributed by atoms with Gasteiger partial charge in [-0.1, -0.05) is 24.3 Å². The van der Waals surface area contributed by atoms with Gasteiger partial charge in [-0.05, 0) is 90.3 Å².